The first kappa shape index (κ1) is 20.4. The Labute approximate surface area is 181 Å². The second-order valence-electron chi connectivity index (χ2n) is 6.59. The number of aryl methyl sites for hydroxylation is 1. The summed E-state index contributed by atoms with van der Waals surface area (Å²) >= 11 is 6.16. The molecule has 31 heavy (non-hydrogen) atoms. The highest BCUT2D eigenvalue weighted by atomic mass is 35.5. The molecule has 2 aromatic heterocycles. The van der Waals surface area contributed by atoms with Gasteiger partial charge in [0.15, 0.2) is 5.69 Å². The molecule has 2 N–H and O–H groups in total. The minimum Gasteiger partial charge on any atom is -0.469 e. The topological polar surface area (TPSA) is 89.2 Å². The highest BCUT2D eigenvalue weighted by molar-refractivity contribution is 6.32. The molecule has 156 valence electrons. The molecular weight excluding hydrogens is 423 g/mol. The van der Waals surface area contributed by atoms with Crippen molar-refractivity contribution < 1.29 is 18.4 Å². The monoisotopic (exact) mass is 438 g/mol. The van der Waals surface area contributed by atoms with Gasteiger partial charge < -0.3 is 15.1 Å². The summed E-state index contributed by atoms with van der Waals surface area (Å²) in [5, 5.41) is 9.84. The molecule has 4 aromatic rings. The van der Waals surface area contributed by atoms with E-state index in [1.54, 1.807) is 31.3 Å². The minimum absolute atomic E-state index is 0.0787. The summed E-state index contributed by atoms with van der Waals surface area (Å²) in [6, 6.07) is 14.0. The Morgan fingerprint density at radius 1 is 1.06 bits per heavy atom. The number of benzene rings is 2. The van der Waals surface area contributed by atoms with Gasteiger partial charge in [-0.15, -0.1) is 0 Å². The van der Waals surface area contributed by atoms with Gasteiger partial charge >= 0.3 is 0 Å². The van der Waals surface area contributed by atoms with Crippen molar-refractivity contribution in [3.05, 3.63) is 94.9 Å². The summed E-state index contributed by atoms with van der Waals surface area (Å²) in [5.41, 5.74) is 1.27. The Morgan fingerprint density at radius 2 is 1.87 bits per heavy atom. The van der Waals surface area contributed by atoms with Gasteiger partial charge in [0.25, 0.3) is 11.8 Å². The summed E-state index contributed by atoms with van der Waals surface area (Å²) in [5.74, 6) is -1.25. The average Bonchev–Trinajstić information content (AvgIpc) is 3.40. The molecule has 0 fully saturated rings. The van der Waals surface area contributed by atoms with E-state index in [9.17, 15) is 14.0 Å². The zero-order chi connectivity index (χ0) is 22.0. The summed E-state index contributed by atoms with van der Waals surface area (Å²) < 4.78 is 20.8. The number of furan rings is 1. The Balaban J connectivity index is 1.50. The number of amides is 2. The van der Waals surface area contributed by atoms with E-state index in [1.165, 1.54) is 35.2 Å². The van der Waals surface area contributed by atoms with Gasteiger partial charge in [-0.25, -0.2) is 9.07 Å². The summed E-state index contributed by atoms with van der Waals surface area (Å²) in [6.45, 7) is 1.63. The van der Waals surface area contributed by atoms with Gasteiger partial charge in [-0.3, -0.25) is 9.59 Å². The smallest absolute Gasteiger partial charge is 0.276 e. The van der Waals surface area contributed by atoms with Crippen LogP contribution in [0.3, 0.4) is 0 Å². The molecule has 0 aliphatic rings. The van der Waals surface area contributed by atoms with E-state index in [0.717, 1.165) is 6.07 Å². The number of hydrogen-bond acceptors (Lipinski definition) is 4. The summed E-state index contributed by atoms with van der Waals surface area (Å²) in [6.07, 6.45) is 2.98. The lowest BCUT2D eigenvalue weighted by Gasteiger charge is -2.09. The molecule has 0 aliphatic carbocycles. The van der Waals surface area contributed by atoms with Crippen molar-refractivity contribution in [1.82, 2.24) is 9.78 Å². The van der Waals surface area contributed by atoms with Crippen LogP contribution in [0.2, 0.25) is 5.02 Å². The van der Waals surface area contributed by atoms with E-state index >= 15 is 0 Å². The van der Waals surface area contributed by atoms with Crippen molar-refractivity contribution in [3.63, 3.8) is 0 Å². The molecule has 4 rings (SSSR count). The predicted octanol–water partition coefficient (Wildman–Crippen LogP) is 5.07. The summed E-state index contributed by atoms with van der Waals surface area (Å²) in [7, 11) is 0. The first-order chi connectivity index (χ1) is 14.9. The fourth-order valence-electron chi connectivity index (χ4n) is 2.92. The third-order valence-corrected chi connectivity index (χ3v) is 4.82. The molecular formula is C22H16ClFN4O3. The van der Waals surface area contributed by atoms with Crippen molar-refractivity contribution in [3.8, 4) is 5.69 Å². The van der Waals surface area contributed by atoms with Crippen LogP contribution in [0.5, 0.6) is 0 Å². The molecule has 0 aliphatic heterocycles. The Morgan fingerprint density at radius 3 is 2.61 bits per heavy atom. The normalized spacial score (nSPS) is 10.7. The van der Waals surface area contributed by atoms with E-state index in [0.29, 0.717) is 22.0 Å². The van der Waals surface area contributed by atoms with E-state index in [2.05, 4.69) is 15.7 Å². The molecule has 0 saturated carbocycles. The van der Waals surface area contributed by atoms with Gasteiger partial charge in [0, 0.05) is 11.9 Å². The van der Waals surface area contributed by atoms with Crippen LogP contribution in [-0.4, -0.2) is 21.6 Å². The van der Waals surface area contributed by atoms with Crippen LogP contribution < -0.4 is 10.6 Å². The third-order valence-electron chi connectivity index (χ3n) is 4.50. The maximum Gasteiger partial charge on any atom is 0.276 e. The van der Waals surface area contributed by atoms with Gasteiger partial charge in [-0.2, -0.15) is 5.10 Å². The van der Waals surface area contributed by atoms with Gasteiger partial charge in [-0.05, 0) is 49.4 Å². The number of aromatic nitrogens is 2. The lowest BCUT2D eigenvalue weighted by atomic mass is 10.2. The van der Waals surface area contributed by atoms with Crippen molar-refractivity contribution in [2.45, 2.75) is 6.92 Å². The predicted molar refractivity (Wildman–Crippen MR) is 114 cm³/mol. The van der Waals surface area contributed by atoms with E-state index < -0.39 is 17.6 Å². The van der Waals surface area contributed by atoms with Crippen LogP contribution in [0.15, 0.2) is 71.5 Å². The fourth-order valence-corrected chi connectivity index (χ4v) is 3.14. The van der Waals surface area contributed by atoms with Crippen LogP contribution in [0, 0.1) is 12.7 Å². The van der Waals surface area contributed by atoms with Crippen LogP contribution in [-0.2, 0) is 0 Å². The zero-order valence-electron chi connectivity index (χ0n) is 16.2. The number of anilines is 2. The van der Waals surface area contributed by atoms with Crippen LogP contribution in [0.4, 0.5) is 15.8 Å². The second kappa shape index (κ2) is 8.45. The van der Waals surface area contributed by atoms with Gasteiger partial charge in [0.2, 0.25) is 0 Å². The molecule has 9 heteroatoms. The van der Waals surface area contributed by atoms with Crippen molar-refractivity contribution in [2.24, 2.45) is 0 Å². The molecule has 0 unspecified atom stereocenters. The first-order valence-corrected chi connectivity index (χ1v) is 9.57. The zero-order valence-corrected chi connectivity index (χ0v) is 17.0. The number of carbonyl (C=O) groups excluding carboxylic acids is 2. The highest BCUT2D eigenvalue weighted by Crippen LogP contribution is 2.23. The van der Waals surface area contributed by atoms with Crippen molar-refractivity contribution in [2.75, 3.05) is 10.6 Å². The lowest BCUT2D eigenvalue weighted by Crippen LogP contribution is -2.15. The molecule has 2 heterocycles. The quantitative estimate of drug-likeness (QED) is 0.455. The maximum atomic E-state index is 14.2. The lowest BCUT2D eigenvalue weighted by molar-refractivity contribution is 0.101. The Kier molecular flexibility index (Phi) is 5.55. The Bertz CT molecular complexity index is 1280. The number of nitrogens with one attached hydrogen (secondary N) is 2. The van der Waals surface area contributed by atoms with Crippen molar-refractivity contribution in [1.29, 1.82) is 0 Å². The number of nitrogens with zero attached hydrogens (tertiary/aromatic N) is 2. The molecule has 0 spiro atoms. The van der Waals surface area contributed by atoms with Crippen molar-refractivity contribution >= 4 is 34.8 Å². The van der Waals surface area contributed by atoms with E-state index in [-0.39, 0.29) is 17.1 Å². The largest absolute Gasteiger partial charge is 0.469 e. The number of halogens is 2. The first-order valence-electron chi connectivity index (χ1n) is 9.19. The van der Waals surface area contributed by atoms with Crippen LogP contribution in [0.1, 0.15) is 26.6 Å². The molecule has 7 nitrogen and oxygen atoms in total. The number of carbonyl (C=O) groups is 2. The standard InChI is InChI=1S/C22H16ClFN4O3/c1-13-15(9-11-31-13)21(29)26-19-12-14(6-7-17(19)24)25-22(30)18-8-10-28(27-18)20-5-3-2-4-16(20)23/h2-12H,1H3,(H,25,30)(H,26,29). The maximum absolute atomic E-state index is 14.2. The van der Waals surface area contributed by atoms with Gasteiger partial charge in [-0.1, -0.05) is 23.7 Å². The average molecular weight is 439 g/mol. The highest BCUT2D eigenvalue weighted by Gasteiger charge is 2.16. The van der Waals surface area contributed by atoms with E-state index in [1.807, 2.05) is 6.07 Å². The molecule has 0 atom stereocenters. The fraction of sp³-hybridized carbons (Fsp3) is 0.0455. The van der Waals surface area contributed by atoms with Gasteiger partial charge in [0.1, 0.15) is 11.6 Å². The molecule has 2 aromatic carbocycles. The molecule has 0 saturated heterocycles. The van der Waals surface area contributed by atoms with Gasteiger partial charge in [0.05, 0.1) is 28.2 Å². The number of para-hydroxylation sites is 1. The molecule has 0 radical (unpaired) electrons. The van der Waals surface area contributed by atoms with Crippen LogP contribution >= 0.6 is 11.6 Å². The van der Waals surface area contributed by atoms with Crippen LogP contribution in [0.25, 0.3) is 5.69 Å². The third kappa shape index (κ3) is 4.34. The van der Waals surface area contributed by atoms with E-state index in [4.69, 9.17) is 16.0 Å². The Hall–Kier alpha value is -3.91. The number of hydrogen-bond donors (Lipinski definition) is 2. The SMILES string of the molecule is Cc1occc1C(=O)Nc1cc(NC(=O)c2ccn(-c3ccccc3Cl)n2)ccc1F. The number of rotatable bonds is 5. The summed E-state index contributed by atoms with van der Waals surface area (Å²) in [4.78, 5) is 24.9. The molecule has 0 bridgehead atoms. The molecule has 2 amide bonds. The minimum atomic E-state index is -0.643. The second-order valence-corrected chi connectivity index (χ2v) is 7.00.